The van der Waals surface area contributed by atoms with Gasteiger partial charge in [0.2, 0.25) is 5.91 Å². The maximum atomic E-state index is 12.2. The van der Waals surface area contributed by atoms with Crippen LogP contribution in [0, 0.1) is 6.92 Å². The molecule has 1 rings (SSSR count). The minimum atomic E-state index is -2.92. The molecule has 94 valence electrons. The van der Waals surface area contributed by atoms with Gasteiger partial charge >= 0.3 is 6.61 Å². The highest BCUT2D eigenvalue weighted by atomic mass is 19.3. The van der Waals surface area contributed by atoms with Crippen LogP contribution < -0.4 is 15.4 Å². The number of ether oxygens (including phenoxy) is 1. The van der Waals surface area contributed by atoms with Crippen molar-refractivity contribution >= 4 is 11.6 Å². The van der Waals surface area contributed by atoms with Gasteiger partial charge in [0.25, 0.3) is 0 Å². The lowest BCUT2D eigenvalue weighted by Gasteiger charge is -2.14. The third-order valence-corrected chi connectivity index (χ3v) is 2.05. The predicted molar refractivity (Wildman–Crippen MR) is 60.4 cm³/mol. The highest BCUT2D eigenvalue weighted by molar-refractivity contribution is 5.94. The average Bonchev–Trinajstić information content (AvgIpc) is 2.23. The van der Waals surface area contributed by atoms with E-state index in [1.807, 2.05) is 0 Å². The van der Waals surface area contributed by atoms with Gasteiger partial charge in [0.15, 0.2) is 0 Å². The van der Waals surface area contributed by atoms with Crippen LogP contribution in [0.15, 0.2) is 18.2 Å². The SMILES string of the molecule is CNCC(=O)Nc1c(C)cccc1OC(F)F. The summed E-state index contributed by atoms with van der Waals surface area (Å²) in [7, 11) is 1.62. The molecular formula is C11H14F2N2O2. The Bertz CT molecular complexity index is 397. The number of aryl methyl sites for hydroxylation is 1. The van der Waals surface area contributed by atoms with E-state index in [1.54, 1.807) is 26.1 Å². The van der Waals surface area contributed by atoms with Gasteiger partial charge in [0, 0.05) is 0 Å². The van der Waals surface area contributed by atoms with Crippen molar-refractivity contribution in [3.63, 3.8) is 0 Å². The van der Waals surface area contributed by atoms with Crippen LogP contribution >= 0.6 is 0 Å². The third kappa shape index (κ3) is 3.99. The summed E-state index contributed by atoms with van der Waals surface area (Å²) in [4.78, 5) is 11.4. The Hall–Kier alpha value is -1.69. The van der Waals surface area contributed by atoms with Gasteiger partial charge in [0.05, 0.1) is 12.2 Å². The molecule has 0 unspecified atom stereocenters. The van der Waals surface area contributed by atoms with E-state index >= 15 is 0 Å². The molecule has 0 radical (unpaired) electrons. The van der Waals surface area contributed by atoms with Crippen molar-refractivity contribution in [3.05, 3.63) is 23.8 Å². The van der Waals surface area contributed by atoms with Crippen molar-refractivity contribution in [1.82, 2.24) is 5.32 Å². The van der Waals surface area contributed by atoms with Crippen LogP contribution in [0.25, 0.3) is 0 Å². The number of carbonyl (C=O) groups is 1. The third-order valence-electron chi connectivity index (χ3n) is 2.05. The number of nitrogens with one attached hydrogen (secondary N) is 2. The maximum Gasteiger partial charge on any atom is 0.387 e. The minimum absolute atomic E-state index is 0.0375. The van der Waals surface area contributed by atoms with Crippen LogP contribution in [0.1, 0.15) is 5.56 Å². The smallest absolute Gasteiger partial charge is 0.387 e. The van der Waals surface area contributed by atoms with Crippen LogP contribution in [0.4, 0.5) is 14.5 Å². The number of alkyl halides is 2. The lowest BCUT2D eigenvalue weighted by molar-refractivity contribution is -0.115. The van der Waals surface area contributed by atoms with Gasteiger partial charge in [-0.15, -0.1) is 0 Å². The van der Waals surface area contributed by atoms with Gasteiger partial charge < -0.3 is 15.4 Å². The molecule has 6 heteroatoms. The lowest BCUT2D eigenvalue weighted by atomic mass is 10.2. The van der Waals surface area contributed by atoms with Crippen molar-refractivity contribution in [1.29, 1.82) is 0 Å². The van der Waals surface area contributed by atoms with Crippen molar-refractivity contribution in [2.24, 2.45) is 0 Å². The summed E-state index contributed by atoms with van der Waals surface area (Å²) in [6.45, 7) is -1.12. The van der Waals surface area contributed by atoms with E-state index in [-0.39, 0.29) is 23.9 Å². The second kappa shape index (κ2) is 6.15. The standard InChI is InChI=1S/C11H14F2N2O2/c1-7-4-3-5-8(17-11(12)13)10(7)15-9(16)6-14-2/h3-5,11,14H,6H2,1-2H3,(H,15,16). The summed E-state index contributed by atoms with van der Waals surface area (Å²) >= 11 is 0. The topological polar surface area (TPSA) is 50.4 Å². The first kappa shape index (κ1) is 13.4. The number of benzene rings is 1. The fourth-order valence-electron chi connectivity index (χ4n) is 1.34. The quantitative estimate of drug-likeness (QED) is 0.829. The largest absolute Gasteiger partial charge is 0.433 e. The molecule has 0 bridgehead atoms. The Morgan fingerprint density at radius 2 is 2.18 bits per heavy atom. The molecule has 0 aliphatic heterocycles. The van der Waals surface area contributed by atoms with Crippen molar-refractivity contribution < 1.29 is 18.3 Å². The van der Waals surface area contributed by atoms with E-state index < -0.39 is 6.61 Å². The Morgan fingerprint density at radius 3 is 2.76 bits per heavy atom. The van der Waals surface area contributed by atoms with Crippen LogP contribution in [0.2, 0.25) is 0 Å². The second-order valence-corrected chi connectivity index (χ2v) is 3.41. The molecule has 0 saturated heterocycles. The Balaban J connectivity index is 2.91. The number of rotatable bonds is 5. The molecule has 17 heavy (non-hydrogen) atoms. The van der Waals surface area contributed by atoms with Gasteiger partial charge in [-0.2, -0.15) is 8.78 Å². The molecule has 0 aromatic heterocycles. The summed E-state index contributed by atoms with van der Waals surface area (Å²) in [5.41, 5.74) is 0.931. The van der Waals surface area contributed by atoms with Gasteiger partial charge in [-0.3, -0.25) is 4.79 Å². The Morgan fingerprint density at radius 1 is 1.47 bits per heavy atom. The molecule has 1 aromatic carbocycles. The molecule has 0 aliphatic carbocycles. The van der Waals surface area contributed by atoms with E-state index in [1.165, 1.54) is 6.07 Å². The number of anilines is 1. The summed E-state index contributed by atoms with van der Waals surface area (Å²) in [5, 5.41) is 5.19. The normalized spacial score (nSPS) is 10.4. The fraction of sp³-hybridized carbons (Fsp3) is 0.364. The maximum absolute atomic E-state index is 12.2. The molecule has 0 spiro atoms. The molecular weight excluding hydrogens is 230 g/mol. The molecule has 0 atom stereocenters. The zero-order chi connectivity index (χ0) is 12.8. The first-order valence-electron chi connectivity index (χ1n) is 5.03. The van der Waals surface area contributed by atoms with E-state index in [4.69, 9.17) is 0 Å². The van der Waals surface area contributed by atoms with E-state index in [0.29, 0.717) is 5.56 Å². The van der Waals surface area contributed by atoms with Crippen LogP contribution in [-0.4, -0.2) is 26.1 Å². The van der Waals surface area contributed by atoms with E-state index in [0.717, 1.165) is 0 Å². The second-order valence-electron chi connectivity index (χ2n) is 3.41. The first-order valence-corrected chi connectivity index (χ1v) is 5.03. The number of halogens is 2. The molecule has 4 nitrogen and oxygen atoms in total. The van der Waals surface area contributed by atoms with Crippen molar-refractivity contribution in [3.8, 4) is 5.75 Å². The summed E-state index contributed by atoms with van der Waals surface area (Å²) in [6.07, 6.45) is 0. The average molecular weight is 244 g/mol. The van der Waals surface area contributed by atoms with Gasteiger partial charge in [-0.05, 0) is 25.6 Å². The molecule has 1 amide bonds. The van der Waals surface area contributed by atoms with Gasteiger partial charge in [-0.1, -0.05) is 12.1 Å². The predicted octanol–water partition coefficient (Wildman–Crippen LogP) is 1.75. The highest BCUT2D eigenvalue weighted by Crippen LogP contribution is 2.29. The monoisotopic (exact) mass is 244 g/mol. The van der Waals surface area contributed by atoms with Crippen LogP contribution in [-0.2, 0) is 4.79 Å². The zero-order valence-electron chi connectivity index (χ0n) is 9.59. The van der Waals surface area contributed by atoms with Crippen LogP contribution in [0.3, 0.4) is 0 Å². The molecule has 2 N–H and O–H groups in total. The Kier molecular flexibility index (Phi) is 4.84. The van der Waals surface area contributed by atoms with Crippen molar-refractivity contribution in [2.75, 3.05) is 18.9 Å². The highest BCUT2D eigenvalue weighted by Gasteiger charge is 2.13. The zero-order valence-corrected chi connectivity index (χ0v) is 9.59. The van der Waals surface area contributed by atoms with Gasteiger partial charge in [-0.25, -0.2) is 0 Å². The molecule has 1 aromatic rings. The molecule has 0 saturated carbocycles. The lowest BCUT2D eigenvalue weighted by Crippen LogP contribution is -2.25. The number of para-hydroxylation sites is 1. The van der Waals surface area contributed by atoms with Crippen LogP contribution in [0.5, 0.6) is 5.75 Å². The molecule has 0 heterocycles. The number of hydrogen-bond donors (Lipinski definition) is 2. The minimum Gasteiger partial charge on any atom is -0.433 e. The fourth-order valence-corrected chi connectivity index (χ4v) is 1.34. The molecule has 0 fully saturated rings. The number of carbonyl (C=O) groups excluding carboxylic acids is 1. The first-order chi connectivity index (χ1) is 8.04. The number of hydrogen-bond acceptors (Lipinski definition) is 3. The Labute approximate surface area is 98.0 Å². The summed E-state index contributed by atoms with van der Waals surface area (Å²) < 4.78 is 28.7. The van der Waals surface area contributed by atoms with E-state index in [9.17, 15) is 13.6 Å². The van der Waals surface area contributed by atoms with Gasteiger partial charge in [0.1, 0.15) is 5.75 Å². The number of amides is 1. The van der Waals surface area contributed by atoms with Crippen molar-refractivity contribution in [2.45, 2.75) is 13.5 Å². The van der Waals surface area contributed by atoms with E-state index in [2.05, 4.69) is 15.4 Å². The molecule has 0 aliphatic rings. The summed E-state index contributed by atoms with van der Waals surface area (Å²) in [6, 6.07) is 4.67. The summed E-state index contributed by atoms with van der Waals surface area (Å²) in [5.74, 6) is -0.356. The number of likely N-dealkylation sites (N-methyl/N-ethyl adjacent to an activating group) is 1.